The molecule has 1 heterocycles. The van der Waals surface area contributed by atoms with Gasteiger partial charge in [0.2, 0.25) is 5.76 Å². The van der Waals surface area contributed by atoms with Crippen LogP contribution in [-0.2, 0) is 0 Å². The number of aromatic carboxylic acids is 1. The minimum absolute atomic E-state index is 0.0324. The third kappa shape index (κ3) is 1.32. The fourth-order valence-corrected chi connectivity index (χ4v) is 1.76. The number of aryl methyl sites for hydroxylation is 1. The van der Waals surface area contributed by atoms with E-state index in [1.807, 2.05) is 19.1 Å². The van der Waals surface area contributed by atoms with E-state index in [2.05, 4.69) is 15.9 Å². The maximum atomic E-state index is 10.7. The number of hydrogen-bond acceptors (Lipinski definition) is 2. The quantitative estimate of drug-likeness (QED) is 0.851. The van der Waals surface area contributed by atoms with Crippen molar-refractivity contribution in [1.29, 1.82) is 0 Å². The lowest BCUT2D eigenvalue weighted by molar-refractivity contribution is 0.0665. The first-order valence-corrected chi connectivity index (χ1v) is 4.81. The number of carbonyl (C=O) groups is 1. The van der Waals surface area contributed by atoms with Crippen LogP contribution >= 0.6 is 15.9 Å². The summed E-state index contributed by atoms with van der Waals surface area (Å²) in [7, 11) is 0. The topological polar surface area (TPSA) is 50.4 Å². The van der Waals surface area contributed by atoms with E-state index >= 15 is 0 Å². The summed E-state index contributed by atoms with van der Waals surface area (Å²) in [6, 6.07) is 5.27. The van der Waals surface area contributed by atoms with Crippen molar-refractivity contribution in [2.45, 2.75) is 6.92 Å². The van der Waals surface area contributed by atoms with Gasteiger partial charge in [-0.15, -0.1) is 0 Å². The number of hydrogen-bond donors (Lipinski definition) is 1. The third-order valence-electron chi connectivity index (χ3n) is 2.04. The van der Waals surface area contributed by atoms with Crippen LogP contribution in [0.2, 0.25) is 0 Å². The zero-order valence-corrected chi connectivity index (χ0v) is 8.96. The van der Waals surface area contributed by atoms with Crippen molar-refractivity contribution in [3.8, 4) is 0 Å². The van der Waals surface area contributed by atoms with Crippen LogP contribution in [0.1, 0.15) is 16.1 Å². The molecule has 1 aromatic carbocycles. The standard InChI is InChI=1S/C10H7BrO3/c1-5-2-3-7(11)6-4-8(10(12)13)14-9(5)6/h2-4H,1H3,(H,12,13). The normalized spacial score (nSPS) is 10.7. The first-order valence-electron chi connectivity index (χ1n) is 4.01. The number of fused-ring (bicyclic) bond motifs is 1. The number of benzene rings is 1. The van der Waals surface area contributed by atoms with Crippen LogP contribution in [0.15, 0.2) is 27.1 Å². The van der Waals surface area contributed by atoms with Gasteiger partial charge in [-0.25, -0.2) is 4.79 Å². The molecular formula is C10H7BrO3. The van der Waals surface area contributed by atoms with Gasteiger partial charge in [0.05, 0.1) is 0 Å². The van der Waals surface area contributed by atoms with Gasteiger partial charge in [-0.2, -0.15) is 0 Å². The molecule has 0 atom stereocenters. The Kier molecular flexibility index (Phi) is 2.07. The van der Waals surface area contributed by atoms with Gasteiger partial charge in [0.25, 0.3) is 0 Å². The number of carboxylic acid groups (broad SMARTS) is 1. The zero-order chi connectivity index (χ0) is 10.3. The molecule has 0 radical (unpaired) electrons. The maximum Gasteiger partial charge on any atom is 0.371 e. The van der Waals surface area contributed by atoms with Crippen molar-refractivity contribution in [2.24, 2.45) is 0 Å². The van der Waals surface area contributed by atoms with Crippen LogP contribution in [0.5, 0.6) is 0 Å². The second-order valence-corrected chi connectivity index (χ2v) is 3.88. The lowest BCUT2D eigenvalue weighted by Gasteiger charge is -1.95. The highest BCUT2D eigenvalue weighted by atomic mass is 79.9. The summed E-state index contributed by atoms with van der Waals surface area (Å²) in [6.45, 7) is 1.88. The molecular weight excluding hydrogens is 248 g/mol. The van der Waals surface area contributed by atoms with E-state index in [1.54, 1.807) is 0 Å². The minimum Gasteiger partial charge on any atom is -0.475 e. The van der Waals surface area contributed by atoms with Gasteiger partial charge in [0.1, 0.15) is 5.58 Å². The molecule has 2 aromatic rings. The second kappa shape index (κ2) is 3.13. The van der Waals surface area contributed by atoms with E-state index in [0.29, 0.717) is 5.58 Å². The van der Waals surface area contributed by atoms with E-state index in [9.17, 15) is 4.79 Å². The number of rotatable bonds is 1. The Morgan fingerprint density at radius 2 is 2.21 bits per heavy atom. The largest absolute Gasteiger partial charge is 0.475 e. The van der Waals surface area contributed by atoms with Gasteiger partial charge >= 0.3 is 5.97 Å². The Morgan fingerprint density at radius 1 is 1.50 bits per heavy atom. The van der Waals surface area contributed by atoms with Gasteiger partial charge in [0.15, 0.2) is 0 Å². The summed E-state index contributed by atoms with van der Waals surface area (Å²) in [5.41, 5.74) is 1.55. The molecule has 72 valence electrons. The molecule has 4 heteroatoms. The summed E-state index contributed by atoms with van der Waals surface area (Å²) in [5.74, 6) is -1.08. The van der Waals surface area contributed by atoms with E-state index in [0.717, 1.165) is 15.4 Å². The highest BCUT2D eigenvalue weighted by Gasteiger charge is 2.13. The molecule has 2 rings (SSSR count). The highest BCUT2D eigenvalue weighted by molar-refractivity contribution is 9.10. The number of carboxylic acids is 1. The fraction of sp³-hybridized carbons (Fsp3) is 0.100. The molecule has 0 amide bonds. The summed E-state index contributed by atoms with van der Waals surface area (Å²) in [6.07, 6.45) is 0. The Hall–Kier alpha value is -1.29. The van der Waals surface area contributed by atoms with Crippen LogP contribution in [0.3, 0.4) is 0 Å². The van der Waals surface area contributed by atoms with E-state index in [4.69, 9.17) is 9.52 Å². The smallest absolute Gasteiger partial charge is 0.371 e. The summed E-state index contributed by atoms with van der Waals surface area (Å²) < 4.78 is 6.05. The van der Waals surface area contributed by atoms with Gasteiger partial charge in [-0.3, -0.25) is 0 Å². The van der Waals surface area contributed by atoms with Crippen molar-refractivity contribution in [3.63, 3.8) is 0 Å². The average molecular weight is 255 g/mol. The molecule has 0 bridgehead atoms. The van der Waals surface area contributed by atoms with Crippen molar-refractivity contribution in [3.05, 3.63) is 34.0 Å². The molecule has 0 saturated carbocycles. The SMILES string of the molecule is Cc1ccc(Br)c2cc(C(=O)O)oc12. The Morgan fingerprint density at radius 3 is 2.79 bits per heavy atom. The van der Waals surface area contributed by atoms with Crippen molar-refractivity contribution in [2.75, 3.05) is 0 Å². The van der Waals surface area contributed by atoms with Gasteiger partial charge in [-0.05, 0) is 18.6 Å². The second-order valence-electron chi connectivity index (χ2n) is 3.02. The molecule has 0 aliphatic rings. The van der Waals surface area contributed by atoms with Crippen LogP contribution in [0.4, 0.5) is 0 Å². The molecule has 14 heavy (non-hydrogen) atoms. The molecule has 3 nitrogen and oxygen atoms in total. The van der Waals surface area contributed by atoms with Crippen LogP contribution < -0.4 is 0 Å². The van der Waals surface area contributed by atoms with Gasteiger partial charge < -0.3 is 9.52 Å². The van der Waals surface area contributed by atoms with Crippen LogP contribution in [0, 0.1) is 6.92 Å². The van der Waals surface area contributed by atoms with Gasteiger partial charge in [-0.1, -0.05) is 22.0 Å². The molecule has 0 saturated heterocycles. The number of furan rings is 1. The minimum atomic E-state index is -1.05. The van der Waals surface area contributed by atoms with Crippen molar-refractivity contribution in [1.82, 2.24) is 0 Å². The summed E-state index contributed by atoms with van der Waals surface area (Å²) in [5, 5.41) is 9.55. The fourth-order valence-electron chi connectivity index (χ4n) is 1.33. The lowest BCUT2D eigenvalue weighted by Crippen LogP contribution is -1.91. The Labute approximate surface area is 88.5 Å². The lowest BCUT2D eigenvalue weighted by atomic mass is 10.2. The molecule has 0 spiro atoms. The molecule has 0 unspecified atom stereocenters. The molecule has 0 fully saturated rings. The van der Waals surface area contributed by atoms with Crippen LogP contribution in [-0.4, -0.2) is 11.1 Å². The molecule has 0 aliphatic carbocycles. The Balaban J connectivity index is 2.82. The van der Waals surface area contributed by atoms with E-state index in [-0.39, 0.29) is 5.76 Å². The van der Waals surface area contributed by atoms with Crippen molar-refractivity contribution < 1.29 is 14.3 Å². The Bertz CT molecular complexity index is 474. The third-order valence-corrected chi connectivity index (χ3v) is 2.73. The predicted molar refractivity (Wildman–Crippen MR) is 55.6 cm³/mol. The molecule has 0 aliphatic heterocycles. The predicted octanol–water partition coefficient (Wildman–Crippen LogP) is 3.20. The maximum absolute atomic E-state index is 10.7. The monoisotopic (exact) mass is 254 g/mol. The van der Waals surface area contributed by atoms with E-state index in [1.165, 1.54) is 6.07 Å². The first kappa shape index (κ1) is 9.27. The van der Waals surface area contributed by atoms with E-state index < -0.39 is 5.97 Å². The summed E-state index contributed by atoms with van der Waals surface area (Å²) >= 11 is 3.34. The van der Waals surface area contributed by atoms with Crippen LogP contribution in [0.25, 0.3) is 11.0 Å². The van der Waals surface area contributed by atoms with Crippen molar-refractivity contribution >= 4 is 32.9 Å². The summed E-state index contributed by atoms with van der Waals surface area (Å²) in [4.78, 5) is 10.7. The first-order chi connectivity index (χ1) is 6.59. The molecule has 1 aromatic heterocycles. The average Bonchev–Trinajstić information content (AvgIpc) is 2.57. The number of halogens is 1. The van der Waals surface area contributed by atoms with Gasteiger partial charge in [0, 0.05) is 15.9 Å². The molecule has 1 N–H and O–H groups in total. The zero-order valence-electron chi connectivity index (χ0n) is 7.37. The highest BCUT2D eigenvalue weighted by Crippen LogP contribution is 2.29.